The number of hydrogen-bond donors (Lipinski definition) is 5. The Morgan fingerprint density at radius 3 is 2.47 bits per heavy atom. The predicted molar refractivity (Wildman–Crippen MR) is 104 cm³/mol. The largest absolute Gasteiger partial charge is 0.471 e. The molecule has 0 aliphatic carbocycles. The van der Waals surface area contributed by atoms with Crippen molar-refractivity contribution < 1.29 is 38.0 Å². The van der Waals surface area contributed by atoms with Gasteiger partial charge in [0.25, 0.3) is 0 Å². The lowest BCUT2D eigenvalue weighted by Crippen LogP contribution is -2.37. The minimum Gasteiger partial charge on any atom is -0.394 e. The van der Waals surface area contributed by atoms with Gasteiger partial charge in [0.15, 0.2) is 23.2 Å². The average molecular weight is 462 g/mol. The lowest BCUT2D eigenvalue weighted by molar-refractivity contribution is -0.173. The molecule has 1 aliphatic heterocycles. The van der Waals surface area contributed by atoms with Gasteiger partial charge in [0.05, 0.1) is 12.9 Å². The molecule has 11 nitrogen and oxygen atoms in total. The lowest BCUT2D eigenvalue weighted by Gasteiger charge is -2.16. The van der Waals surface area contributed by atoms with Gasteiger partial charge in [-0.2, -0.15) is 13.2 Å². The number of amides is 1. The van der Waals surface area contributed by atoms with Crippen LogP contribution in [0.1, 0.15) is 31.9 Å². The summed E-state index contributed by atoms with van der Waals surface area (Å²) in [6.07, 6.45) is -4.00. The van der Waals surface area contributed by atoms with Crippen LogP contribution in [0.15, 0.2) is 12.7 Å². The zero-order valence-corrected chi connectivity index (χ0v) is 17.0. The number of rotatable bonds is 10. The molecule has 0 bridgehead atoms. The molecule has 1 fully saturated rings. The molecule has 2 aromatic rings. The van der Waals surface area contributed by atoms with Crippen LogP contribution in [0.3, 0.4) is 0 Å². The van der Waals surface area contributed by atoms with Gasteiger partial charge in [-0.1, -0.05) is 12.8 Å². The van der Waals surface area contributed by atoms with E-state index in [0.717, 1.165) is 6.42 Å². The summed E-state index contributed by atoms with van der Waals surface area (Å²) in [7, 11) is 0. The van der Waals surface area contributed by atoms with Crippen LogP contribution in [0.5, 0.6) is 0 Å². The third-order valence-electron chi connectivity index (χ3n) is 5.09. The number of imidazole rings is 1. The molecule has 0 unspecified atom stereocenters. The number of alkyl halides is 3. The molecule has 0 aromatic carbocycles. The van der Waals surface area contributed by atoms with E-state index in [1.807, 2.05) is 5.32 Å². The summed E-state index contributed by atoms with van der Waals surface area (Å²) in [6.45, 7) is 0.0518. The summed E-state index contributed by atoms with van der Waals surface area (Å²) in [4.78, 5) is 23.3. The molecule has 3 heterocycles. The molecular formula is C18H25F3N6O5. The van der Waals surface area contributed by atoms with Crippen LogP contribution >= 0.6 is 0 Å². The fraction of sp³-hybridized carbons (Fsp3) is 0.667. The zero-order valence-electron chi connectivity index (χ0n) is 17.0. The van der Waals surface area contributed by atoms with Crippen LogP contribution in [-0.4, -0.2) is 84.9 Å². The Hall–Kier alpha value is -2.55. The van der Waals surface area contributed by atoms with E-state index in [-0.39, 0.29) is 6.54 Å². The molecule has 178 valence electrons. The number of nitrogens with zero attached hydrogens (tertiary/aromatic N) is 4. The number of fused-ring (bicyclic) bond motifs is 1. The standard InChI is InChI=1S/C18H25F3N6O5/c19-18(20,21)17(31)23-6-4-2-1-3-5-22-14-11-15(25-8-24-14)27(9-26-11)16-13(30)12(29)10(7-28)32-16/h8-10,12-13,16,28-30H,1-7H2,(H,23,31)(H,22,24,25)/t10-,12-,13-,16-/m1/s1. The van der Waals surface area contributed by atoms with Gasteiger partial charge in [-0.25, -0.2) is 15.0 Å². The van der Waals surface area contributed by atoms with E-state index in [1.165, 1.54) is 17.2 Å². The SMILES string of the molecule is O=C(NCCCCCCNc1ncnc2c1ncn2[C@@H]1O[C@H](CO)[C@@H](O)[C@H]1O)C(F)(F)F. The second-order valence-corrected chi connectivity index (χ2v) is 7.37. The van der Waals surface area contributed by atoms with E-state index in [0.29, 0.717) is 42.8 Å². The second-order valence-electron chi connectivity index (χ2n) is 7.37. The highest BCUT2D eigenvalue weighted by Gasteiger charge is 2.44. The van der Waals surface area contributed by atoms with Crippen molar-refractivity contribution in [2.45, 2.75) is 56.4 Å². The summed E-state index contributed by atoms with van der Waals surface area (Å²) in [5, 5.41) is 34.4. The first-order chi connectivity index (χ1) is 15.2. The molecule has 0 spiro atoms. The molecule has 2 aromatic heterocycles. The maximum Gasteiger partial charge on any atom is 0.471 e. The Morgan fingerprint density at radius 1 is 1.09 bits per heavy atom. The number of anilines is 1. The number of carbonyl (C=O) groups excluding carboxylic acids is 1. The Morgan fingerprint density at radius 2 is 1.81 bits per heavy atom. The van der Waals surface area contributed by atoms with Gasteiger partial charge >= 0.3 is 12.1 Å². The van der Waals surface area contributed by atoms with Crippen molar-refractivity contribution in [3.05, 3.63) is 12.7 Å². The average Bonchev–Trinajstić information content (AvgIpc) is 3.30. The second kappa shape index (κ2) is 10.4. The van der Waals surface area contributed by atoms with Crippen molar-refractivity contribution in [3.63, 3.8) is 0 Å². The molecule has 0 radical (unpaired) electrons. The van der Waals surface area contributed by atoms with E-state index in [9.17, 15) is 33.3 Å². The van der Waals surface area contributed by atoms with Gasteiger partial charge in [0, 0.05) is 13.1 Å². The Bertz CT molecular complexity index is 911. The highest BCUT2D eigenvalue weighted by Crippen LogP contribution is 2.32. The van der Waals surface area contributed by atoms with Crippen LogP contribution in [0.2, 0.25) is 0 Å². The summed E-state index contributed by atoms with van der Waals surface area (Å²) >= 11 is 0. The van der Waals surface area contributed by atoms with Gasteiger partial charge in [-0.3, -0.25) is 9.36 Å². The van der Waals surface area contributed by atoms with Crippen LogP contribution in [0.4, 0.5) is 19.0 Å². The number of hydrogen-bond acceptors (Lipinski definition) is 9. The van der Waals surface area contributed by atoms with Gasteiger partial charge in [-0.05, 0) is 12.8 Å². The van der Waals surface area contributed by atoms with Gasteiger partial charge in [-0.15, -0.1) is 0 Å². The van der Waals surface area contributed by atoms with E-state index in [2.05, 4.69) is 20.3 Å². The zero-order chi connectivity index (χ0) is 23.3. The number of halogens is 3. The van der Waals surface area contributed by atoms with E-state index < -0.39 is 43.2 Å². The Balaban J connectivity index is 1.47. The van der Waals surface area contributed by atoms with Gasteiger partial charge in [0.2, 0.25) is 0 Å². The first-order valence-corrected chi connectivity index (χ1v) is 10.1. The van der Waals surface area contributed by atoms with Crippen LogP contribution in [-0.2, 0) is 9.53 Å². The number of ether oxygens (including phenoxy) is 1. The predicted octanol–water partition coefficient (Wildman–Crippen LogP) is 0.0886. The monoisotopic (exact) mass is 462 g/mol. The Labute approximate surface area is 180 Å². The van der Waals surface area contributed by atoms with Crippen LogP contribution in [0, 0.1) is 0 Å². The molecule has 1 aliphatic rings. The van der Waals surface area contributed by atoms with Crippen LogP contribution in [0.25, 0.3) is 11.2 Å². The van der Waals surface area contributed by atoms with Crippen molar-refractivity contribution in [3.8, 4) is 0 Å². The maximum absolute atomic E-state index is 12.1. The highest BCUT2D eigenvalue weighted by atomic mass is 19.4. The molecule has 1 amide bonds. The van der Waals surface area contributed by atoms with Gasteiger partial charge in [0.1, 0.15) is 24.6 Å². The molecule has 4 atom stereocenters. The van der Waals surface area contributed by atoms with Crippen molar-refractivity contribution in [2.24, 2.45) is 0 Å². The fourth-order valence-electron chi connectivity index (χ4n) is 3.39. The lowest BCUT2D eigenvalue weighted by atomic mass is 10.1. The topological polar surface area (TPSA) is 155 Å². The minimum absolute atomic E-state index is 0.0311. The number of aliphatic hydroxyl groups excluding tert-OH is 3. The van der Waals surface area contributed by atoms with E-state index in [1.54, 1.807) is 0 Å². The third-order valence-corrected chi connectivity index (χ3v) is 5.09. The van der Waals surface area contributed by atoms with Crippen molar-refractivity contribution >= 4 is 22.9 Å². The molecule has 0 saturated carbocycles. The van der Waals surface area contributed by atoms with Crippen molar-refractivity contribution in [1.29, 1.82) is 0 Å². The molecule has 14 heteroatoms. The van der Waals surface area contributed by atoms with Gasteiger partial charge < -0.3 is 30.7 Å². The summed E-state index contributed by atoms with van der Waals surface area (Å²) in [5.41, 5.74) is 0.804. The quantitative estimate of drug-likeness (QED) is 0.309. The maximum atomic E-state index is 12.1. The normalized spacial score (nSPS) is 23.6. The first-order valence-electron chi connectivity index (χ1n) is 10.1. The Kier molecular flexibility index (Phi) is 7.82. The van der Waals surface area contributed by atoms with E-state index in [4.69, 9.17) is 4.74 Å². The van der Waals surface area contributed by atoms with Crippen molar-refractivity contribution in [1.82, 2.24) is 24.8 Å². The fourth-order valence-corrected chi connectivity index (χ4v) is 3.39. The minimum atomic E-state index is -4.86. The smallest absolute Gasteiger partial charge is 0.394 e. The summed E-state index contributed by atoms with van der Waals surface area (Å²) < 4.78 is 43.2. The number of carbonyl (C=O) groups is 1. The molecule has 3 rings (SSSR count). The summed E-state index contributed by atoms with van der Waals surface area (Å²) in [5.74, 6) is -1.47. The van der Waals surface area contributed by atoms with Crippen LogP contribution < -0.4 is 10.6 Å². The number of aliphatic hydroxyl groups is 3. The molecular weight excluding hydrogens is 437 g/mol. The number of unbranched alkanes of at least 4 members (excludes halogenated alkanes) is 3. The van der Waals surface area contributed by atoms with Crippen molar-refractivity contribution in [2.75, 3.05) is 25.0 Å². The molecule has 32 heavy (non-hydrogen) atoms. The third kappa shape index (κ3) is 5.43. The first kappa shape index (κ1) is 24.1. The number of nitrogens with one attached hydrogen (secondary N) is 2. The van der Waals surface area contributed by atoms with E-state index >= 15 is 0 Å². The molecule has 5 N–H and O–H groups in total. The number of aromatic nitrogens is 4. The molecule has 1 saturated heterocycles. The summed E-state index contributed by atoms with van der Waals surface area (Å²) in [6, 6.07) is 0. The highest BCUT2D eigenvalue weighted by molar-refractivity contribution is 5.82.